The van der Waals surface area contributed by atoms with Crippen molar-refractivity contribution in [3.63, 3.8) is 0 Å². The molecule has 0 spiro atoms. The summed E-state index contributed by atoms with van der Waals surface area (Å²) in [4.78, 5) is 7.73. The van der Waals surface area contributed by atoms with Crippen LogP contribution in [0.3, 0.4) is 0 Å². The molecule has 0 aliphatic rings. The van der Waals surface area contributed by atoms with Crippen molar-refractivity contribution < 1.29 is 17.5 Å². The summed E-state index contributed by atoms with van der Waals surface area (Å²) in [6, 6.07) is 12.0. The lowest BCUT2D eigenvalue weighted by Gasteiger charge is -2.12. The monoisotopic (exact) mass is 413 g/mol. The highest BCUT2D eigenvalue weighted by Gasteiger charge is 2.19. The molecule has 0 bridgehead atoms. The van der Waals surface area contributed by atoms with E-state index in [9.17, 15) is 12.8 Å². The van der Waals surface area contributed by atoms with Gasteiger partial charge in [-0.15, -0.1) is 0 Å². The molecular weight excluding hydrogens is 397 g/mol. The maximum absolute atomic E-state index is 14.0. The van der Waals surface area contributed by atoms with Crippen LogP contribution in [-0.2, 0) is 16.6 Å². The molecule has 0 atom stereocenters. The predicted molar refractivity (Wildman–Crippen MR) is 104 cm³/mol. The van der Waals surface area contributed by atoms with Gasteiger partial charge in [-0.1, -0.05) is 6.07 Å². The highest BCUT2D eigenvalue weighted by atomic mass is 32.2. The van der Waals surface area contributed by atoms with Crippen molar-refractivity contribution in [1.82, 2.24) is 19.7 Å². The van der Waals surface area contributed by atoms with Gasteiger partial charge < -0.3 is 4.74 Å². The molecule has 0 amide bonds. The van der Waals surface area contributed by atoms with E-state index in [0.717, 1.165) is 6.07 Å². The van der Waals surface area contributed by atoms with Crippen LogP contribution in [0, 0.1) is 5.82 Å². The molecule has 29 heavy (non-hydrogen) atoms. The second kappa shape index (κ2) is 7.84. The van der Waals surface area contributed by atoms with Crippen LogP contribution in [0.2, 0.25) is 0 Å². The Morgan fingerprint density at radius 1 is 1.14 bits per heavy atom. The number of nitrogens with zero attached hydrogens (tertiary/aromatic N) is 4. The fraction of sp³-hybridized carbons (Fsp3) is 0.105. The molecule has 2 aromatic heterocycles. The molecular formula is C19H16FN5O3S. The Morgan fingerprint density at radius 3 is 2.86 bits per heavy atom. The molecule has 2 aromatic carbocycles. The molecule has 10 heteroatoms. The van der Waals surface area contributed by atoms with Crippen LogP contribution in [0.4, 0.5) is 10.1 Å². The lowest BCUT2D eigenvalue weighted by molar-refractivity contribution is 0.291. The van der Waals surface area contributed by atoms with Crippen LogP contribution in [0.15, 0.2) is 72.3 Å². The zero-order chi connectivity index (χ0) is 20.3. The third kappa shape index (κ3) is 4.16. The Kier molecular flexibility index (Phi) is 5.09. The predicted octanol–water partition coefficient (Wildman–Crippen LogP) is 2.85. The smallest absolute Gasteiger partial charge is 0.262 e. The molecule has 0 radical (unpaired) electrons. The van der Waals surface area contributed by atoms with Gasteiger partial charge in [0.25, 0.3) is 10.0 Å². The standard InChI is InChI=1S/C19H16FN5O3S/c20-17-6-7-18(16-5-2-8-22-19(16)17)29(26,27)24-14-3-1-4-15(11-14)28-10-9-25-13-21-12-23-25/h1-8,11-13,24H,9-10H2. The van der Waals surface area contributed by atoms with Crippen molar-refractivity contribution >= 4 is 26.6 Å². The van der Waals surface area contributed by atoms with Gasteiger partial charge in [0.2, 0.25) is 0 Å². The number of aromatic nitrogens is 4. The maximum Gasteiger partial charge on any atom is 0.262 e. The number of sulfonamides is 1. The van der Waals surface area contributed by atoms with Crippen molar-refractivity contribution in [2.24, 2.45) is 0 Å². The molecule has 0 fully saturated rings. The van der Waals surface area contributed by atoms with Crippen molar-refractivity contribution in [2.45, 2.75) is 11.4 Å². The number of ether oxygens (including phenoxy) is 1. The summed E-state index contributed by atoms with van der Waals surface area (Å²) in [6.45, 7) is 0.846. The quantitative estimate of drug-likeness (QED) is 0.500. The Labute approximate surface area is 166 Å². The highest BCUT2D eigenvalue weighted by Crippen LogP contribution is 2.26. The van der Waals surface area contributed by atoms with E-state index in [0.29, 0.717) is 24.6 Å². The van der Waals surface area contributed by atoms with Gasteiger partial charge in [-0.05, 0) is 36.4 Å². The van der Waals surface area contributed by atoms with Gasteiger partial charge in [0, 0.05) is 17.6 Å². The van der Waals surface area contributed by atoms with Crippen LogP contribution < -0.4 is 9.46 Å². The first-order valence-electron chi connectivity index (χ1n) is 8.64. The highest BCUT2D eigenvalue weighted by molar-refractivity contribution is 7.93. The summed E-state index contributed by atoms with van der Waals surface area (Å²) >= 11 is 0. The van der Waals surface area contributed by atoms with Gasteiger partial charge in [-0.3, -0.25) is 9.71 Å². The first kappa shape index (κ1) is 18.8. The van der Waals surface area contributed by atoms with Gasteiger partial charge in [0.15, 0.2) is 0 Å². The van der Waals surface area contributed by atoms with Gasteiger partial charge >= 0.3 is 0 Å². The van der Waals surface area contributed by atoms with E-state index in [4.69, 9.17) is 4.74 Å². The molecule has 0 saturated carbocycles. The molecule has 1 N–H and O–H groups in total. The average molecular weight is 413 g/mol. The zero-order valence-corrected chi connectivity index (χ0v) is 15.9. The molecule has 0 saturated heterocycles. The normalized spacial score (nSPS) is 11.5. The molecule has 2 heterocycles. The van der Waals surface area contributed by atoms with E-state index in [-0.39, 0.29) is 15.8 Å². The van der Waals surface area contributed by atoms with Gasteiger partial charge in [0.1, 0.15) is 36.3 Å². The fourth-order valence-electron chi connectivity index (χ4n) is 2.81. The average Bonchev–Trinajstić information content (AvgIpc) is 3.22. The van der Waals surface area contributed by atoms with Crippen LogP contribution >= 0.6 is 0 Å². The number of hydrogen-bond donors (Lipinski definition) is 1. The molecule has 0 aliphatic carbocycles. The van der Waals surface area contributed by atoms with E-state index in [1.807, 2.05) is 0 Å². The van der Waals surface area contributed by atoms with Gasteiger partial charge in [0.05, 0.1) is 17.1 Å². The largest absolute Gasteiger partial charge is 0.492 e. The topological polar surface area (TPSA) is 99.0 Å². The van der Waals surface area contributed by atoms with E-state index in [1.54, 1.807) is 41.3 Å². The summed E-state index contributed by atoms with van der Waals surface area (Å²) in [5.74, 6) is -0.0849. The van der Waals surface area contributed by atoms with E-state index < -0.39 is 15.8 Å². The molecule has 4 rings (SSSR count). The summed E-state index contributed by atoms with van der Waals surface area (Å²) in [6.07, 6.45) is 4.43. The van der Waals surface area contributed by atoms with Crippen molar-refractivity contribution in [1.29, 1.82) is 0 Å². The van der Waals surface area contributed by atoms with Crippen LogP contribution in [0.5, 0.6) is 5.75 Å². The summed E-state index contributed by atoms with van der Waals surface area (Å²) in [5.41, 5.74) is 0.324. The number of fused-ring (bicyclic) bond motifs is 1. The Morgan fingerprint density at radius 2 is 2.03 bits per heavy atom. The van der Waals surface area contributed by atoms with Gasteiger partial charge in [-0.25, -0.2) is 22.5 Å². The third-order valence-corrected chi connectivity index (χ3v) is 5.55. The van der Waals surface area contributed by atoms with Gasteiger partial charge in [-0.2, -0.15) is 5.10 Å². The van der Waals surface area contributed by atoms with E-state index in [1.165, 1.54) is 24.7 Å². The minimum Gasteiger partial charge on any atom is -0.492 e. The van der Waals surface area contributed by atoms with Crippen LogP contribution in [0.1, 0.15) is 0 Å². The SMILES string of the molecule is O=S(=O)(Nc1cccc(OCCn2cncn2)c1)c1ccc(F)c2ncccc12. The fourth-order valence-corrected chi connectivity index (χ4v) is 4.06. The summed E-state index contributed by atoms with van der Waals surface area (Å²) in [5, 5.41) is 4.19. The number of rotatable bonds is 7. The molecule has 0 aliphatic heterocycles. The molecule has 148 valence electrons. The minimum absolute atomic E-state index is 0.000528. The van der Waals surface area contributed by atoms with E-state index in [2.05, 4.69) is 19.8 Å². The minimum atomic E-state index is -3.96. The summed E-state index contributed by atoms with van der Waals surface area (Å²) < 4.78 is 49.5. The number of halogens is 1. The van der Waals surface area contributed by atoms with Crippen LogP contribution in [-0.4, -0.2) is 34.8 Å². The molecule has 4 aromatic rings. The molecule has 8 nitrogen and oxygen atoms in total. The number of benzene rings is 2. The first-order valence-corrected chi connectivity index (χ1v) is 10.1. The first-order chi connectivity index (χ1) is 14.0. The van der Waals surface area contributed by atoms with Crippen molar-refractivity contribution in [2.75, 3.05) is 11.3 Å². The van der Waals surface area contributed by atoms with Crippen LogP contribution in [0.25, 0.3) is 10.9 Å². The number of hydrogen-bond acceptors (Lipinski definition) is 6. The number of anilines is 1. The Balaban J connectivity index is 1.53. The van der Waals surface area contributed by atoms with E-state index >= 15 is 0 Å². The maximum atomic E-state index is 14.0. The van der Waals surface area contributed by atoms with Crippen molar-refractivity contribution in [3.05, 3.63) is 73.2 Å². The Bertz CT molecular complexity index is 1250. The number of nitrogens with one attached hydrogen (secondary N) is 1. The second-order valence-corrected chi connectivity index (χ2v) is 7.74. The van der Waals surface area contributed by atoms with Crippen molar-refractivity contribution in [3.8, 4) is 5.75 Å². The summed E-state index contributed by atoms with van der Waals surface area (Å²) in [7, 11) is -3.96. The lowest BCUT2D eigenvalue weighted by Crippen LogP contribution is -2.14. The number of pyridine rings is 1. The Hall–Kier alpha value is -3.53. The zero-order valence-electron chi connectivity index (χ0n) is 15.1. The third-order valence-electron chi connectivity index (χ3n) is 4.11. The lowest BCUT2D eigenvalue weighted by atomic mass is 10.2. The second-order valence-electron chi connectivity index (χ2n) is 6.09. The molecule has 0 unspecified atom stereocenters.